The van der Waals surface area contributed by atoms with Gasteiger partial charge in [-0.25, -0.2) is 13.1 Å². The summed E-state index contributed by atoms with van der Waals surface area (Å²) in [5.41, 5.74) is 1.64. The van der Waals surface area contributed by atoms with Gasteiger partial charge in [0, 0.05) is 31.8 Å². The van der Waals surface area contributed by atoms with Crippen molar-refractivity contribution in [2.75, 3.05) is 25.1 Å². The van der Waals surface area contributed by atoms with Crippen LogP contribution in [0.25, 0.3) is 0 Å². The van der Waals surface area contributed by atoms with Crippen molar-refractivity contribution < 1.29 is 17.9 Å². The van der Waals surface area contributed by atoms with Crippen LogP contribution >= 0.6 is 0 Å². The maximum Gasteiger partial charge on any atom is 0.240 e. The minimum atomic E-state index is -3.61. The molecular formula is C18H22N2O4S. The van der Waals surface area contributed by atoms with E-state index in [1.807, 2.05) is 6.92 Å². The first-order valence-corrected chi connectivity index (χ1v) is 9.30. The van der Waals surface area contributed by atoms with E-state index in [1.165, 1.54) is 11.8 Å². The first kappa shape index (κ1) is 19.0. The number of carbonyl (C=O) groups excluding carboxylic acids is 1. The van der Waals surface area contributed by atoms with Gasteiger partial charge < -0.3 is 9.64 Å². The van der Waals surface area contributed by atoms with E-state index in [1.54, 1.807) is 55.6 Å². The molecule has 1 amide bonds. The number of amides is 1. The first-order chi connectivity index (χ1) is 11.8. The van der Waals surface area contributed by atoms with Gasteiger partial charge in [-0.1, -0.05) is 23.8 Å². The van der Waals surface area contributed by atoms with Crippen LogP contribution in [0.4, 0.5) is 5.69 Å². The number of ether oxygens (including phenoxy) is 1. The lowest BCUT2D eigenvalue weighted by molar-refractivity contribution is -0.116. The van der Waals surface area contributed by atoms with Crippen LogP contribution in [0.2, 0.25) is 0 Å². The molecule has 0 spiro atoms. The van der Waals surface area contributed by atoms with Crippen molar-refractivity contribution in [3.05, 3.63) is 54.1 Å². The monoisotopic (exact) mass is 362 g/mol. The molecule has 1 N–H and O–H groups in total. The Labute approximate surface area is 148 Å². The number of sulfonamides is 1. The Morgan fingerprint density at radius 3 is 2.44 bits per heavy atom. The molecule has 2 aromatic carbocycles. The van der Waals surface area contributed by atoms with Gasteiger partial charge >= 0.3 is 0 Å². The van der Waals surface area contributed by atoms with Crippen molar-refractivity contribution in [3.8, 4) is 5.75 Å². The summed E-state index contributed by atoms with van der Waals surface area (Å²) in [7, 11) is -2.06. The quantitative estimate of drug-likeness (QED) is 0.820. The van der Waals surface area contributed by atoms with E-state index in [0.717, 1.165) is 5.56 Å². The normalized spacial score (nSPS) is 11.2. The van der Waals surface area contributed by atoms with Gasteiger partial charge in [-0.05, 0) is 31.2 Å². The molecule has 6 nitrogen and oxygen atoms in total. The number of hydrogen-bond donors (Lipinski definition) is 1. The van der Waals surface area contributed by atoms with Crippen LogP contribution in [0.15, 0.2) is 53.4 Å². The molecule has 0 unspecified atom stereocenters. The number of nitrogens with one attached hydrogen (secondary N) is 1. The summed E-state index contributed by atoms with van der Waals surface area (Å²) in [4.78, 5) is 13.6. The topological polar surface area (TPSA) is 75.7 Å². The van der Waals surface area contributed by atoms with Crippen LogP contribution in [-0.2, 0) is 14.8 Å². The Kier molecular flexibility index (Phi) is 6.17. The van der Waals surface area contributed by atoms with Gasteiger partial charge in [0.05, 0.1) is 12.0 Å². The lowest BCUT2D eigenvalue weighted by Gasteiger charge is -2.22. The molecule has 0 aliphatic heterocycles. The fraction of sp³-hybridized carbons (Fsp3) is 0.278. The minimum Gasteiger partial charge on any atom is -0.497 e. The number of methoxy groups -OCH3 is 1. The van der Waals surface area contributed by atoms with Crippen LogP contribution < -0.4 is 14.4 Å². The summed E-state index contributed by atoms with van der Waals surface area (Å²) in [6.07, 6.45) is 0. The van der Waals surface area contributed by atoms with Crippen molar-refractivity contribution in [1.29, 1.82) is 0 Å². The van der Waals surface area contributed by atoms with E-state index in [4.69, 9.17) is 4.74 Å². The summed E-state index contributed by atoms with van der Waals surface area (Å²) >= 11 is 0. The third kappa shape index (κ3) is 5.04. The number of hydrogen-bond acceptors (Lipinski definition) is 4. The maximum atomic E-state index is 12.3. The second kappa shape index (κ2) is 8.13. The Morgan fingerprint density at radius 1 is 1.16 bits per heavy atom. The first-order valence-electron chi connectivity index (χ1n) is 7.82. The van der Waals surface area contributed by atoms with E-state index in [2.05, 4.69) is 4.72 Å². The molecule has 0 aromatic heterocycles. The molecule has 134 valence electrons. The molecule has 2 aromatic rings. The van der Waals surface area contributed by atoms with Crippen molar-refractivity contribution in [1.82, 2.24) is 4.72 Å². The number of nitrogens with zero attached hydrogens (tertiary/aromatic N) is 1. The Balaban J connectivity index is 2.06. The molecule has 0 atom stereocenters. The largest absolute Gasteiger partial charge is 0.497 e. The van der Waals surface area contributed by atoms with Gasteiger partial charge in [-0.3, -0.25) is 4.79 Å². The van der Waals surface area contributed by atoms with Crippen molar-refractivity contribution >= 4 is 21.6 Å². The van der Waals surface area contributed by atoms with Crippen LogP contribution in [0.1, 0.15) is 12.5 Å². The molecule has 0 fully saturated rings. The fourth-order valence-electron chi connectivity index (χ4n) is 2.34. The van der Waals surface area contributed by atoms with Crippen LogP contribution in [0, 0.1) is 6.92 Å². The number of anilines is 1. The van der Waals surface area contributed by atoms with E-state index in [9.17, 15) is 13.2 Å². The standard InChI is InChI=1S/C18H22N2O4S/c1-14-7-9-18(10-8-14)25(22,23)19-11-12-20(15(2)21)16-5-4-6-17(13-16)24-3/h4-10,13,19H,11-12H2,1-3H3. The molecule has 0 aliphatic carbocycles. The molecule has 7 heteroatoms. The predicted molar refractivity (Wildman–Crippen MR) is 97.4 cm³/mol. The molecule has 0 aliphatic rings. The predicted octanol–water partition coefficient (Wildman–Crippen LogP) is 2.34. The van der Waals surface area contributed by atoms with Gasteiger partial charge in [0.25, 0.3) is 0 Å². The zero-order valence-electron chi connectivity index (χ0n) is 14.5. The van der Waals surface area contributed by atoms with Gasteiger partial charge in [0.2, 0.25) is 15.9 Å². The summed E-state index contributed by atoms with van der Waals surface area (Å²) in [6, 6.07) is 13.7. The van der Waals surface area contributed by atoms with Crippen molar-refractivity contribution in [2.24, 2.45) is 0 Å². The van der Waals surface area contributed by atoms with E-state index >= 15 is 0 Å². The van der Waals surface area contributed by atoms with E-state index in [0.29, 0.717) is 11.4 Å². The Morgan fingerprint density at radius 2 is 1.84 bits per heavy atom. The average Bonchev–Trinajstić information content (AvgIpc) is 2.59. The highest BCUT2D eigenvalue weighted by molar-refractivity contribution is 7.89. The molecule has 0 saturated carbocycles. The smallest absolute Gasteiger partial charge is 0.240 e. The van der Waals surface area contributed by atoms with Gasteiger partial charge in [0.15, 0.2) is 0 Å². The third-order valence-corrected chi connectivity index (χ3v) is 5.18. The van der Waals surface area contributed by atoms with E-state index in [-0.39, 0.29) is 23.9 Å². The number of rotatable bonds is 7. The molecule has 25 heavy (non-hydrogen) atoms. The highest BCUT2D eigenvalue weighted by atomic mass is 32.2. The van der Waals surface area contributed by atoms with E-state index < -0.39 is 10.0 Å². The van der Waals surface area contributed by atoms with Crippen molar-refractivity contribution in [3.63, 3.8) is 0 Å². The number of aryl methyl sites for hydroxylation is 1. The summed E-state index contributed by atoms with van der Waals surface area (Å²) in [6.45, 7) is 3.65. The lowest BCUT2D eigenvalue weighted by atomic mass is 10.2. The Hall–Kier alpha value is -2.38. The van der Waals surface area contributed by atoms with Crippen LogP contribution in [0.3, 0.4) is 0 Å². The second-order valence-corrected chi connectivity index (χ2v) is 7.35. The molecule has 0 radical (unpaired) electrons. The number of benzene rings is 2. The maximum absolute atomic E-state index is 12.3. The summed E-state index contributed by atoms with van der Waals surface area (Å²) < 4.78 is 32.3. The second-order valence-electron chi connectivity index (χ2n) is 5.58. The summed E-state index contributed by atoms with van der Waals surface area (Å²) in [5, 5.41) is 0. The van der Waals surface area contributed by atoms with Gasteiger partial charge in [-0.2, -0.15) is 0 Å². The molecule has 0 heterocycles. The third-order valence-electron chi connectivity index (χ3n) is 3.70. The molecule has 2 rings (SSSR count). The SMILES string of the molecule is COc1cccc(N(CCNS(=O)(=O)c2ccc(C)cc2)C(C)=O)c1. The Bertz CT molecular complexity index is 832. The highest BCUT2D eigenvalue weighted by Gasteiger charge is 2.16. The minimum absolute atomic E-state index is 0.104. The zero-order valence-corrected chi connectivity index (χ0v) is 15.3. The van der Waals surface area contributed by atoms with Crippen LogP contribution in [-0.4, -0.2) is 34.5 Å². The summed E-state index contributed by atoms with van der Waals surface area (Å²) in [5.74, 6) is 0.451. The zero-order chi connectivity index (χ0) is 18.4. The molecular weight excluding hydrogens is 340 g/mol. The van der Waals surface area contributed by atoms with Crippen molar-refractivity contribution in [2.45, 2.75) is 18.7 Å². The van der Waals surface area contributed by atoms with Gasteiger partial charge in [-0.15, -0.1) is 0 Å². The average molecular weight is 362 g/mol. The molecule has 0 saturated heterocycles. The lowest BCUT2D eigenvalue weighted by Crippen LogP contribution is -2.37. The molecule has 0 bridgehead atoms. The fourth-order valence-corrected chi connectivity index (χ4v) is 3.36. The van der Waals surface area contributed by atoms with Crippen LogP contribution in [0.5, 0.6) is 5.75 Å². The van der Waals surface area contributed by atoms with Gasteiger partial charge in [0.1, 0.15) is 5.75 Å². The highest BCUT2D eigenvalue weighted by Crippen LogP contribution is 2.21. The number of carbonyl (C=O) groups is 1.